The van der Waals surface area contributed by atoms with E-state index in [4.69, 9.17) is 0 Å². The average molecular weight is 550 g/mol. The molecular weight excluding hydrogens is 527 g/mol. The molecule has 10 aromatic rings. The van der Waals surface area contributed by atoms with E-state index in [-0.39, 0.29) is 0 Å². The van der Waals surface area contributed by atoms with Crippen LogP contribution in [0.5, 0.6) is 0 Å². The number of hydrogen-bond donors (Lipinski definition) is 0. The minimum Gasteiger partial charge on any atom is -0.307 e. The summed E-state index contributed by atoms with van der Waals surface area (Å²) in [4.78, 5) is 0. The lowest BCUT2D eigenvalue weighted by molar-refractivity contribution is 1.21. The maximum atomic E-state index is 2.59. The van der Waals surface area contributed by atoms with Crippen molar-refractivity contribution in [1.29, 1.82) is 0 Å². The highest BCUT2D eigenvalue weighted by molar-refractivity contribution is 7.27. The van der Waals surface area contributed by atoms with E-state index >= 15 is 0 Å². The second-order valence-corrected chi connectivity index (χ2v) is 12.3. The standard InChI is InChI=1S/C40H23NS/c1-2-14-25-24(12-1)13-11-22-33(25)41-38-29-18-6-4-16-27(29)26-15-3-5-17-28(26)35(38)37-36-32-21-9-10-23-34(32)42-40(36)31-20-8-7-19-30(31)39(37)41/h1-23H. The molecular formula is C40H23NS. The number of nitrogens with zero attached hydrogens (tertiary/aromatic N) is 1. The molecule has 2 aromatic heterocycles. The highest BCUT2D eigenvalue weighted by Gasteiger charge is 2.25. The van der Waals surface area contributed by atoms with E-state index in [1.54, 1.807) is 0 Å². The molecule has 0 saturated heterocycles. The summed E-state index contributed by atoms with van der Waals surface area (Å²) in [6.45, 7) is 0. The molecule has 0 spiro atoms. The first-order valence-corrected chi connectivity index (χ1v) is 15.3. The van der Waals surface area contributed by atoms with Crippen molar-refractivity contribution >= 4 is 96.4 Å². The van der Waals surface area contributed by atoms with Crippen molar-refractivity contribution in [2.45, 2.75) is 0 Å². The van der Waals surface area contributed by atoms with E-state index in [9.17, 15) is 0 Å². The first-order chi connectivity index (χ1) is 20.9. The van der Waals surface area contributed by atoms with Crippen molar-refractivity contribution < 1.29 is 0 Å². The van der Waals surface area contributed by atoms with E-state index in [1.807, 2.05) is 11.3 Å². The van der Waals surface area contributed by atoms with Crippen LogP contribution in [0.15, 0.2) is 140 Å². The summed E-state index contributed by atoms with van der Waals surface area (Å²) in [6, 6.07) is 51.5. The van der Waals surface area contributed by atoms with E-state index in [0.717, 1.165) is 0 Å². The molecule has 10 rings (SSSR count). The molecule has 194 valence electrons. The summed E-state index contributed by atoms with van der Waals surface area (Å²) in [5.41, 5.74) is 3.79. The van der Waals surface area contributed by atoms with Crippen molar-refractivity contribution in [2.75, 3.05) is 0 Å². The predicted molar refractivity (Wildman–Crippen MR) is 184 cm³/mol. The third kappa shape index (κ3) is 2.77. The Kier molecular flexibility index (Phi) is 4.39. The Morgan fingerprint density at radius 3 is 1.67 bits per heavy atom. The smallest absolute Gasteiger partial charge is 0.0627 e. The summed E-state index contributed by atoms with van der Waals surface area (Å²) in [5.74, 6) is 0. The Bertz CT molecular complexity index is 2740. The highest BCUT2D eigenvalue weighted by Crippen LogP contribution is 2.51. The van der Waals surface area contributed by atoms with E-state index in [2.05, 4.69) is 144 Å². The second-order valence-electron chi connectivity index (χ2n) is 11.2. The van der Waals surface area contributed by atoms with Crippen LogP contribution in [0, 0.1) is 0 Å². The van der Waals surface area contributed by atoms with Gasteiger partial charge in [-0.2, -0.15) is 0 Å². The van der Waals surface area contributed by atoms with Crippen molar-refractivity contribution in [3.8, 4) is 5.69 Å². The number of rotatable bonds is 1. The largest absolute Gasteiger partial charge is 0.307 e. The van der Waals surface area contributed by atoms with Gasteiger partial charge in [-0.1, -0.05) is 127 Å². The third-order valence-electron chi connectivity index (χ3n) is 9.12. The number of fused-ring (bicyclic) bond motifs is 16. The SMILES string of the molecule is c1ccc2c(-n3c4c5ccccc5c5ccccc5c4c4c5c6ccccc6sc5c5ccccc5c43)cccc2c1. The van der Waals surface area contributed by atoms with Crippen LogP contribution in [0.25, 0.3) is 90.8 Å². The lowest BCUT2D eigenvalue weighted by atomic mass is 9.94. The normalized spacial score (nSPS) is 12.3. The number of benzene rings is 8. The highest BCUT2D eigenvalue weighted by atomic mass is 32.1. The summed E-state index contributed by atoms with van der Waals surface area (Å²) < 4.78 is 5.30. The molecule has 0 atom stereocenters. The molecule has 0 unspecified atom stereocenters. The first-order valence-electron chi connectivity index (χ1n) is 14.5. The predicted octanol–water partition coefficient (Wildman–Crippen LogP) is 11.8. The molecule has 0 amide bonds. The van der Waals surface area contributed by atoms with Crippen molar-refractivity contribution in [3.05, 3.63) is 140 Å². The van der Waals surface area contributed by atoms with Gasteiger partial charge >= 0.3 is 0 Å². The zero-order valence-electron chi connectivity index (χ0n) is 22.6. The zero-order chi connectivity index (χ0) is 27.4. The minimum atomic E-state index is 1.22. The molecule has 1 nitrogen and oxygen atoms in total. The number of thiophene rings is 1. The molecule has 0 bridgehead atoms. The molecule has 0 aliphatic carbocycles. The van der Waals surface area contributed by atoms with Gasteiger partial charge in [0.2, 0.25) is 0 Å². The fourth-order valence-electron chi connectivity index (χ4n) is 7.46. The summed E-state index contributed by atoms with van der Waals surface area (Å²) in [7, 11) is 0. The van der Waals surface area contributed by atoms with Crippen molar-refractivity contribution in [1.82, 2.24) is 4.57 Å². The molecule has 0 aliphatic rings. The Hall–Kier alpha value is -5.18. The zero-order valence-corrected chi connectivity index (χ0v) is 23.5. The lowest BCUT2D eigenvalue weighted by Gasteiger charge is -2.15. The molecule has 0 saturated carbocycles. The second kappa shape index (κ2) is 8.19. The van der Waals surface area contributed by atoms with Crippen LogP contribution in [0.1, 0.15) is 0 Å². The fourth-order valence-corrected chi connectivity index (χ4v) is 8.71. The summed E-state index contributed by atoms with van der Waals surface area (Å²) in [5, 5.41) is 15.7. The molecule has 2 heteroatoms. The Labute approximate surface area is 245 Å². The number of hydrogen-bond acceptors (Lipinski definition) is 1. The Balaban J connectivity index is 1.65. The molecule has 0 radical (unpaired) electrons. The van der Waals surface area contributed by atoms with Crippen LogP contribution in [0.4, 0.5) is 0 Å². The van der Waals surface area contributed by atoms with Crippen LogP contribution in [-0.2, 0) is 0 Å². The maximum Gasteiger partial charge on any atom is 0.0627 e. The molecule has 0 N–H and O–H groups in total. The Morgan fingerprint density at radius 2 is 0.881 bits per heavy atom. The van der Waals surface area contributed by atoms with Crippen LogP contribution in [-0.4, -0.2) is 4.57 Å². The molecule has 8 aromatic carbocycles. The van der Waals surface area contributed by atoms with E-state index in [1.165, 1.54) is 90.8 Å². The van der Waals surface area contributed by atoms with Gasteiger partial charge in [0.15, 0.2) is 0 Å². The van der Waals surface area contributed by atoms with Gasteiger partial charge < -0.3 is 4.57 Å². The quantitative estimate of drug-likeness (QED) is 0.179. The third-order valence-corrected chi connectivity index (χ3v) is 10.3. The summed E-state index contributed by atoms with van der Waals surface area (Å²) >= 11 is 1.92. The van der Waals surface area contributed by atoms with Gasteiger partial charge in [-0.15, -0.1) is 11.3 Å². The fraction of sp³-hybridized carbons (Fsp3) is 0. The monoisotopic (exact) mass is 549 g/mol. The van der Waals surface area contributed by atoms with Crippen LogP contribution in [0.3, 0.4) is 0 Å². The van der Waals surface area contributed by atoms with Gasteiger partial charge in [-0.3, -0.25) is 0 Å². The van der Waals surface area contributed by atoms with Gasteiger partial charge in [0.1, 0.15) is 0 Å². The van der Waals surface area contributed by atoms with Crippen LogP contribution in [0.2, 0.25) is 0 Å². The minimum absolute atomic E-state index is 1.22. The Morgan fingerprint density at radius 1 is 0.357 bits per heavy atom. The van der Waals surface area contributed by atoms with Crippen LogP contribution < -0.4 is 0 Å². The van der Waals surface area contributed by atoms with Gasteiger partial charge in [-0.05, 0) is 33.7 Å². The topological polar surface area (TPSA) is 4.93 Å². The number of aromatic nitrogens is 1. The molecule has 2 heterocycles. The van der Waals surface area contributed by atoms with Gasteiger partial charge in [0.05, 0.1) is 16.7 Å². The maximum absolute atomic E-state index is 2.59. The lowest BCUT2D eigenvalue weighted by Crippen LogP contribution is -1.97. The average Bonchev–Trinajstić information content (AvgIpc) is 3.62. The van der Waals surface area contributed by atoms with Gasteiger partial charge in [0.25, 0.3) is 0 Å². The first kappa shape index (κ1) is 22.5. The van der Waals surface area contributed by atoms with Gasteiger partial charge in [0, 0.05) is 52.5 Å². The molecule has 0 aliphatic heterocycles. The molecule has 42 heavy (non-hydrogen) atoms. The van der Waals surface area contributed by atoms with Crippen molar-refractivity contribution in [2.24, 2.45) is 0 Å². The molecule has 0 fully saturated rings. The van der Waals surface area contributed by atoms with E-state index < -0.39 is 0 Å². The summed E-state index contributed by atoms with van der Waals surface area (Å²) in [6.07, 6.45) is 0. The van der Waals surface area contributed by atoms with Crippen LogP contribution >= 0.6 is 11.3 Å². The van der Waals surface area contributed by atoms with Crippen molar-refractivity contribution in [3.63, 3.8) is 0 Å². The van der Waals surface area contributed by atoms with E-state index in [0.29, 0.717) is 0 Å². The van der Waals surface area contributed by atoms with Gasteiger partial charge in [-0.25, -0.2) is 0 Å².